The van der Waals surface area contributed by atoms with E-state index in [1.54, 1.807) is 43.3 Å². The standard InChI is InChI=1S/C22H19NO3/c1-16(21(24)17-8-4-2-5-9-17)22(25)23-18-12-14-20(15-13-18)26-19-10-6-3-7-11-19/h2-15,24H,1H3,(H,23,25)/b21-16+. The molecule has 0 spiro atoms. The minimum atomic E-state index is -0.358. The van der Waals surface area contributed by atoms with Crippen LogP contribution in [0.5, 0.6) is 11.5 Å². The van der Waals surface area contributed by atoms with Crippen LogP contribution in [0.2, 0.25) is 0 Å². The van der Waals surface area contributed by atoms with Crippen molar-refractivity contribution < 1.29 is 14.6 Å². The summed E-state index contributed by atoms with van der Waals surface area (Å²) in [5.41, 5.74) is 1.48. The molecule has 0 saturated carbocycles. The second-order valence-corrected chi connectivity index (χ2v) is 5.73. The maximum Gasteiger partial charge on any atom is 0.255 e. The van der Waals surface area contributed by atoms with Crippen molar-refractivity contribution >= 4 is 17.4 Å². The van der Waals surface area contributed by atoms with Gasteiger partial charge in [0.1, 0.15) is 17.3 Å². The van der Waals surface area contributed by atoms with Gasteiger partial charge in [0.05, 0.1) is 5.57 Å². The molecule has 0 aliphatic carbocycles. The van der Waals surface area contributed by atoms with Crippen LogP contribution in [-0.4, -0.2) is 11.0 Å². The van der Waals surface area contributed by atoms with Crippen LogP contribution in [0.4, 0.5) is 5.69 Å². The van der Waals surface area contributed by atoms with E-state index in [0.717, 1.165) is 5.75 Å². The molecule has 0 aliphatic rings. The minimum absolute atomic E-state index is 0.0351. The summed E-state index contributed by atoms with van der Waals surface area (Å²) in [7, 11) is 0. The van der Waals surface area contributed by atoms with E-state index in [1.807, 2.05) is 48.5 Å². The Morgan fingerprint density at radius 1 is 0.808 bits per heavy atom. The van der Waals surface area contributed by atoms with Gasteiger partial charge in [-0.1, -0.05) is 48.5 Å². The van der Waals surface area contributed by atoms with Gasteiger partial charge in [-0.2, -0.15) is 0 Å². The lowest BCUT2D eigenvalue weighted by molar-refractivity contribution is -0.112. The van der Waals surface area contributed by atoms with Crippen LogP contribution in [0.3, 0.4) is 0 Å². The molecule has 0 bridgehead atoms. The molecule has 0 fully saturated rings. The summed E-state index contributed by atoms with van der Waals surface area (Å²) in [6.07, 6.45) is 0. The number of aliphatic hydroxyl groups is 1. The second kappa shape index (κ2) is 8.03. The van der Waals surface area contributed by atoms with Crippen LogP contribution in [0, 0.1) is 0 Å². The van der Waals surface area contributed by atoms with Crippen LogP contribution < -0.4 is 10.1 Å². The quantitative estimate of drug-likeness (QED) is 0.480. The summed E-state index contributed by atoms with van der Waals surface area (Å²) in [6.45, 7) is 1.59. The Balaban J connectivity index is 1.68. The number of benzene rings is 3. The first-order valence-electron chi connectivity index (χ1n) is 8.23. The van der Waals surface area contributed by atoms with E-state index in [2.05, 4.69) is 5.32 Å². The number of rotatable bonds is 5. The van der Waals surface area contributed by atoms with Crippen LogP contribution in [-0.2, 0) is 4.79 Å². The number of amides is 1. The Morgan fingerprint density at radius 2 is 1.35 bits per heavy atom. The Hall–Kier alpha value is -3.53. The fraction of sp³-hybridized carbons (Fsp3) is 0.0455. The van der Waals surface area contributed by atoms with Gasteiger partial charge in [0.25, 0.3) is 5.91 Å². The van der Waals surface area contributed by atoms with E-state index in [-0.39, 0.29) is 17.2 Å². The highest BCUT2D eigenvalue weighted by atomic mass is 16.5. The third-order valence-corrected chi connectivity index (χ3v) is 3.83. The first-order valence-corrected chi connectivity index (χ1v) is 8.23. The smallest absolute Gasteiger partial charge is 0.255 e. The molecule has 3 aromatic rings. The number of para-hydroxylation sites is 1. The molecule has 0 saturated heterocycles. The van der Waals surface area contributed by atoms with Crippen molar-refractivity contribution in [2.45, 2.75) is 6.92 Å². The summed E-state index contributed by atoms with van der Waals surface area (Å²) in [6, 6.07) is 25.5. The number of ether oxygens (including phenoxy) is 1. The Morgan fingerprint density at radius 3 is 1.96 bits per heavy atom. The molecule has 0 heterocycles. The number of hydrogen-bond acceptors (Lipinski definition) is 3. The van der Waals surface area contributed by atoms with E-state index < -0.39 is 0 Å². The summed E-state index contributed by atoms with van der Waals surface area (Å²) < 4.78 is 5.72. The fourth-order valence-electron chi connectivity index (χ4n) is 2.38. The maximum atomic E-state index is 12.3. The summed E-state index contributed by atoms with van der Waals surface area (Å²) in [4.78, 5) is 12.3. The molecule has 4 heteroatoms. The molecule has 3 rings (SSSR count). The lowest BCUT2D eigenvalue weighted by Crippen LogP contribution is -2.14. The molecule has 3 aromatic carbocycles. The third-order valence-electron chi connectivity index (χ3n) is 3.83. The molecular formula is C22H19NO3. The summed E-state index contributed by atoms with van der Waals surface area (Å²) >= 11 is 0. The van der Waals surface area contributed by atoms with Gasteiger partial charge in [0, 0.05) is 11.3 Å². The highest BCUT2D eigenvalue weighted by Gasteiger charge is 2.12. The van der Waals surface area contributed by atoms with Gasteiger partial charge < -0.3 is 15.2 Å². The number of carbonyl (C=O) groups is 1. The van der Waals surface area contributed by atoms with Crippen molar-refractivity contribution in [3.8, 4) is 11.5 Å². The lowest BCUT2D eigenvalue weighted by atomic mass is 10.1. The van der Waals surface area contributed by atoms with Gasteiger partial charge in [-0.3, -0.25) is 4.79 Å². The molecule has 0 aromatic heterocycles. The summed E-state index contributed by atoms with van der Waals surface area (Å²) in [5, 5.41) is 13.0. The molecule has 130 valence electrons. The zero-order chi connectivity index (χ0) is 18.4. The van der Waals surface area contributed by atoms with E-state index >= 15 is 0 Å². The van der Waals surface area contributed by atoms with Gasteiger partial charge in [-0.25, -0.2) is 0 Å². The van der Waals surface area contributed by atoms with E-state index in [4.69, 9.17) is 4.74 Å². The molecule has 2 N–H and O–H groups in total. The number of hydrogen-bond donors (Lipinski definition) is 2. The Labute approximate surface area is 152 Å². The molecule has 1 amide bonds. The SMILES string of the molecule is C/C(C(=O)Nc1ccc(Oc2ccccc2)cc1)=C(\O)c1ccccc1. The molecule has 26 heavy (non-hydrogen) atoms. The molecule has 0 atom stereocenters. The lowest BCUT2D eigenvalue weighted by Gasteiger charge is -2.10. The van der Waals surface area contributed by atoms with Gasteiger partial charge >= 0.3 is 0 Å². The molecule has 0 radical (unpaired) electrons. The van der Waals surface area contributed by atoms with Crippen molar-refractivity contribution in [3.05, 3.63) is 96.1 Å². The predicted octanol–water partition coefficient (Wildman–Crippen LogP) is 5.41. The van der Waals surface area contributed by atoms with Crippen molar-refractivity contribution in [1.29, 1.82) is 0 Å². The molecule has 4 nitrogen and oxygen atoms in total. The highest BCUT2D eigenvalue weighted by Crippen LogP contribution is 2.23. The van der Waals surface area contributed by atoms with Crippen molar-refractivity contribution in [3.63, 3.8) is 0 Å². The maximum absolute atomic E-state index is 12.3. The molecule has 0 unspecified atom stereocenters. The normalized spacial score (nSPS) is 11.4. The zero-order valence-electron chi connectivity index (χ0n) is 14.3. The average molecular weight is 345 g/mol. The number of aliphatic hydroxyl groups excluding tert-OH is 1. The Kier molecular flexibility index (Phi) is 5.34. The third kappa shape index (κ3) is 4.30. The van der Waals surface area contributed by atoms with Gasteiger partial charge in [-0.05, 0) is 43.3 Å². The molecular weight excluding hydrogens is 326 g/mol. The van der Waals surface area contributed by atoms with Gasteiger partial charge in [-0.15, -0.1) is 0 Å². The zero-order valence-corrected chi connectivity index (χ0v) is 14.3. The monoisotopic (exact) mass is 345 g/mol. The number of anilines is 1. The average Bonchev–Trinajstić information content (AvgIpc) is 2.70. The van der Waals surface area contributed by atoms with Gasteiger partial charge in [0.15, 0.2) is 0 Å². The minimum Gasteiger partial charge on any atom is -0.507 e. The van der Waals surface area contributed by atoms with Crippen LogP contribution in [0.15, 0.2) is 90.5 Å². The first-order chi connectivity index (χ1) is 12.6. The largest absolute Gasteiger partial charge is 0.507 e. The Bertz CT molecular complexity index is 901. The number of carbonyl (C=O) groups excluding carboxylic acids is 1. The van der Waals surface area contributed by atoms with Crippen molar-refractivity contribution in [2.75, 3.05) is 5.32 Å². The summed E-state index contributed by atoms with van der Waals surface area (Å²) in [5.74, 6) is 1.03. The van der Waals surface area contributed by atoms with E-state index in [9.17, 15) is 9.90 Å². The van der Waals surface area contributed by atoms with Crippen LogP contribution >= 0.6 is 0 Å². The topological polar surface area (TPSA) is 58.6 Å². The highest BCUT2D eigenvalue weighted by molar-refractivity contribution is 6.07. The predicted molar refractivity (Wildman–Crippen MR) is 103 cm³/mol. The van der Waals surface area contributed by atoms with E-state index in [1.165, 1.54) is 0 Å². The number of nitrogens with one attached hydrogen (secondary N) is 1. The van der Waals surface area contributed by atoms with Crippen LogP contribution in [0.25, 0.3) is 5.76 Å². The van der Waals surface area contributed by atoms with Crippen LogP contribution in [0.1, 0.15) is 12.5 Å². The first kappa shape index (κ1) is 17.3. The molecule has 0 aliphatic heterocycles. The van der Waals surface area contributed by atoms with Crippen molar-refractivity contribution in [1.82, 2.24) is 0 Å². The van der Waals surface area contributed by atoms with E-state index in [0.29, 0.717) is 17.0 Å². The van der Waals surface area contributed by atoms with Crippen molar-refractivity contribution in [2.24, 2.45) is 0 Å². The second-order valence-electron chi connectivity index (χ2n) is 5.73. The van der Waals surface area contributed by atoms with Gasteiger partial charge in [0.2, 0.25) is 0 Å². The fourth-order valence-corrected chi connectivity index (χ4v) is 2.38.